The minimum absolute atomic E-state index is 0.324. The van der Waals surface area contributed by atoms with Crippen molar-refractivity contribution in [1.29, 1.82) is 0 Å². The molecule has 3 rings (SSSR count). The molecule has 3 heterocycles. The van der Waals surface area contributed by atoms with Crippen LogP contribution in [0.15, 0.2) is 32.5 Å². The highest BCUT2D eigenvalue weighted by Gasteiger charge is 2.28. The summed E-state index contributed by atoms with van der Waals surface area (Å²) in [4.78, 5) is 4.30. The zero-order valence-electron chi connectivity index (χ0n) is 11.6. The maximum Gasteiger partial charge on any atom is 0.253 e. The van der Waals surface area contributed by atoms with Crippen LogP contribution in [0.2, 0.25) is 0 Å². The third kappa shape index (κ3) is 2.94. The lowest BCUT2D eigenvalue weighted by Gasteiger charge is -2.27. The Morgan fingerprint density at radius 3 is 3.10 bits per heavy atom. The Morgan fingerprint density at radius 2 is 2.38 bits per heavy atom. The van der Waals surface area contributed by atoms with Crippen LogP contribution >= 0.6 is 27.3 Å². The zero-order chi connectivity index (χ0) is 15.0. The van der Waals surface area contributed by atoms with Gasteiger partial charge in [0.25, 0.3) is 10.0 Å². The number of thiophene rings is 1. The van der Waals surface area contributed by atoms with Gasteiger partial charge in [-0.1, -0.05) is 0 Å². The summed E-state index contributed by atoms with van der Waals surface area (Å²) in [5, 5.41) is 1.78. The summed E-state index contributed by atoms with van der Waals surface area (Å²) in [6, 6.07) is 1.77. The van der Waals surface area contributed by atoms with Crippen LogP contribution in [0, 0.1) is 5.92 Å². The molecule has 1 aliphatic heterocycles. The average molecular weight is 390 g/mol. The van der Waals surface area contributed by atoms with E-state index in [1.54, 1.807) is 24.7 Å². The van der Waals surface area contributed by atoms with Crippen molar-refractivity contribution < 1.29 is 8.42 Å². The highest BCUT2D eigenvalue weighted by molar-refractivity contribution is 9.10. The van der Waals surface area contributed by atoms with Crippen molar-refractivity contribution in [3.05, 3.63) is 34.1 Å². The molecule has 0 N–H and O–H groups in total. The fraction of sp³-hybridized carbons (Fsp3) is 0.462. The van der Waals surface area contributed by atoms with Crippen LogP contribution in [0.1, 0.15) is 12.2 Å². The van der Waals surface area contributed by atoms with Crippen LogP contribution < -0.4 is 0 Å². The first-order valence-corrected chi connectivity index (χ1v) is 9.79. The van der Waals surface area contributed by atoms with E-state index in [1.807, 2.05) is 6.20 Å². The Labute approximate surface area is 136 Å². The van der Waals surface area contributed by atoms with Gasteiger partial charge in [-0.15, -0.1) is 11.3 Å². The largest absolute Gasteiger partial charge is 0.335 e. The lowest BCUT2D eigenvalue weighted by molar-refractivity contribution is 0.303. The number of hydrogen-bond donors (Lipinski definition) is 0. The number of halogens is 1. The van der Waals surface area contributed by atoms with Crippen molar-refractivity contribution in [1.82, 2.24) is 13.9 Å². The van der Waals surface area contributed by atoms with Gasteiger partial charge in [-0.25, -0.2) is 13.4 Å². The molecule has 2 aromatic heterocycles. The second-order valence-electron chi connectivity index (χ2n) is 5.24. The van der Waals surface area contributed by atoms with E-state index in [0.717, 1.165) is 25.2 Å². The predicted molar refractivity (Wildman–Crippen MR) is 85.9 cm³/mol. The average Bonchev–Trinajstić information content (AvgIpc) is 3.06. The minimum atomic E-state index is -3.41. The van der Waals surface area contributed by atoms with Crippen LogP contribution in [-0.4, -0.2) is 35.9 Å². The molecule has 5 nitrogen and oxygen atoms in total. The molecule has 0 aliphatic carbocycles. The van der Waals surface area contributed by atoms with Crippen molar-refractivity contribution in [2.24, 2.45) is 5.92 Å². The fourth-order valence-electron chi connectivity index (χ4n) is 2.65. The van der Waals surface area contributed by atoms with Gasteiger partial charge in [-0.3, -0.25) is 0 Å². The molecule has 1 unspecified atom stereocenters. The molecule has 8 heteroatoms. The molecular formula is C13H16BrN3O2S2. The van der Waals surface area contributed by atoms with Crippen LogP contribution in [0.3, 0.4) is 0 Å². The van der Waals surface area contributed by atoms with Crippen LogP contribution in [-0.2, 0) is 23.0 Å². The number of aryl methyl sites for hydroxylation is 1. The molecule has 0 saturated heterocycles. The third-order valence-corrected chi connectivity index (χ3v) is 8.25. The summed E-state index contributed by atoms with van der Waals surface area (Å²) in [5.41, 5.74) is 0. The summed E-state index contributed by atoms with van der Waals surface area (Å²) in [7, 11) is -1.75. The zero-order valence-corrected chi connectivity index (χ0v) is 14.8. The van der Waals surface area contributed by atoms with Crippen LogP contribution in [0.25, 0.3) is 0 Å². The molecule has 0 saturated carbocycles. The maximum absolute atomic E-state index is 12.6. The Morgan fingerprint density at radius 1 is 1.57 bits per heavy atom. The highest BCUT2D eigenvalue weighted by atomic mass is 79.9. The van der Waals surface area contributed by atoms with Gasteiger partial charge in [0.05, 0.1) is 0 Å². The smallest absolute Gasteiger partial charge is 0.253 e. The first kappa shape index (κ1) is 15.2. The molecule has 1 atom stereocenters. The van der Waals surface area contributed by atoms with Crippen molar-refractivity contribution in [3.63, 3.8) is 0 Å². The van der Waals surface area contributed by atoms with Gasteiger partial charge in [-0.2, -0.15) is 4.31 Å². The molecule has 0 aromatic carbocycles. The van der Waals surface area contributed by atoms with E-state index in [9.17, 15) is 8.42 Å². The van der Waals surface area contributed by atoms with Crippen molar-refractivity contribution in [3.8, 4) is 0 Å². The molecule has 114 valence electrons. The summed E-state index contributed by atoms with van der Waals surface area (Å²) >= 11 is 4.55. The summed E-state index contributed by atoms with van der Waals surface area (Å²) < 4.78 is 29.7. The SMILES string of the molecule is CN(CC1CCc2nccn2C1)S(=O)(=O)c1sccc1Br. The van der Waals surface area contributed by atoms with E-state index in [4.69, 9.17) is 0 Å². The van der Waals surface area contributed by atoms with Gasteiger partial charge in [-0.05, 0) is 39.7 Å². The Bertz CT molecular complexity index is 738. The van der Waals surface area contributed by atoms with Crippen LogP contribution in [0.4, 0.5) is 0 Å². The maximum atomic E-state index is 12.6. The number of rotatable bonds is 4. The van der Waals surface area contributed by atoms with E-state index >= 15 is 0 Å². The summed E-state index contributed by atoms with van der Waals surface area (Å²) in [6.45, 7) is 1.37. The molecule has 0 amide bonds. The standard InChI is InChI=1S/C13H16BrN3O2S2/c1-16(21(18,19)13-11(14)4-7-20-13)8-10-2-3-12-15-5-6-17(12)9-10/h4-7,10H,2-3,8-9H2,1H3. The van der Waals surface area contributed by atoms with Crippen molar-refractivity contribution in [2.45, 2.75) is 23.6 Å². The molecule has 0 fully saturated rings. The van der Waals surface area contributed by atoms with Crippen LogP contribution in [0.5, 0.6) is 0 Å². The number of nitrogens with zero attached hydrogens (tertiary/aromatic N) is 3. The molecule has 0 bridgehead atoms. The highest BCUT2D eigenvalue weighted by Crippen LogP contribution is 2.30. The normalized spacial score (nSPS) is 18.9. The van der Waals surface area contributed by atoms with E-state index in [1.165, 1.54) is 15.6 Å². The number of imidazole rings is 1. The molecule has 1 aliphatic rings. The molecule has 0 radical (unpaired) electrons. The van der Waals surface area contributed by atoms with Gasteiger partial charge in [0.1, 0.15) is 10.0 Å². The quantitative estimate of drug-likeness (QED) is 0.807. The molecular weight excluding hydrogens is 374 g/mol. The summed E-state index contributed by atoms with van der Waals surface area (Å²) in [6.07, 6.45) is 5.66. The van der Waals surface area contributed by atoms with Gasteiger partial charge in [0.15, 0.2) is 0 Å². The Kier molecular flexibility index (Phi) is 4.22. The van der Waals surface area contributed by atoms with Gasteiger partial charge in [0, 0.05) is 43.4 Å². The predicted octanol–water partition coefficient (Wildman–Crippen LogP) is 2.59. The van der Waals surface area contributed by atoms with Gasteiger partial charge >= 0.3 is 0 Å². The topological polar surface area (TPSA) is 55.2 Å². The Balaban J connectivity index is 1.73. The van der Waals surface area contributed by atoms with E-state index in [2.05, 4.69) is 25.5 Å². The second-order valence-corrected chi connectivity index (χ2v) is 9.25. The second kappa shape index (κ2) is 5.83. The van der Waals surface area contributed by atoms with E-state index in [-0.39, 0.29) is 0 Å². The Hall–Kier alpha value is -0.700. The first-order chi connectivity index (χ1) is 9.98. The molecule has 21 heavy (non-hydrogen) atoms. The van der Waals surface area contributed by atoms with E-state index < -0.39 is 10.0 Å². The number of sulfonamides is 1. The fourth-order valence-corrected chi connectivity index (χ4v) is 6.40. The van der Waals surface area contributed by atoms with Gasteiger partial charge < -0.3 is 4.57 Å². The monoisotopic (exact) mass is 389 g/mol. The summed E-state index contributed by atoms with van der Waals surface area (Å²) in [5.74, 6) is 1.42. The molecule has 2 aromatic rings. The van der Waals surface area contributed by atoms with Gasteiger partial charge in [0.2, 0.25) is 0 Å². The van der Waals surface area contributed by atoms with Crippen molar-refractivity contribution >= 4 is 37.3 Å². The lowest BCUT2D eigenvalue weighted by Crippen LogP contribution is -2.35. The van der Waals surface area contributed by atoms with Crippen molar-refractivity contribution in [2.75, 3.05) is 13.6 Å². The number of hydrogen-bond acceptors (Lipinski definition) is 4. The first-order valence-electron chi connectivity index (χ1n) is 6.68. The minimum Gasteiger partial charge on any atom is -0.335 e. The van der Waals surface area contributed by atoms with E-state index in [0.29, 0.717) is 21.1 Å². The third-order valence-electron chi connectivity index (χ3n) is 3.78. The number of fused-ring (bicyclic) bond motifs is 1. The lowest BCUT2D eigenvalue weighted by atomic mass is 10.00. The number of aromatic nitrogens is 2. The molecule has 0 spiro atoms.